The Morgan fingerprint density at radius 3 is 2.06 bits per heavy atom. The lowest BCUT2D eigenvalue weighted by Crippen LogP contribution is -2.46. The molecule has 5 nitrogen and oxygen atoms in total. The van der Waals surface area contributed by atoms with Crippen molar-refractivity contribution in [1.29, 1.82) is 0 Å². The predicted molar refractivity (Wildman–Crippen MR) is 124 cm³/mol. The first kappa shape index (κ1) is 24.7. The third-order valence-electron chi connectivity index (χ3n) is 6.74. The van der Waals surface area contributed by atoms with Gasteiger partial charge in [-0.15, -0.1) is 0 Å². The Balaban J connectivity index is 1.69. The van der Waals surface area contributed by atoms with Crippen molar-refractivity contribution in [2.45, 2.75) is 109 Å². The molecule has 2 heterocycles. The van der Waals surface area contributed by atoms with Gasteiger partial charge in [0.15, 0.2) is 5.79 Å². The lowest BCUT2D eigenvalue weighted by molar-refractivity contribution is -0.292. The summed E-state index contributed by atoms with van der Waals surface area (Å²) in [4.78, 5) is 0.416. The minimum atomic E-state index is -3.50. The summed E-state index contributed by atoms with van der Waals surface area (Å²) in [5.74, 6) is -0.559. The lowest BCUT2D eigenvalue weighted by atomic mass is 9.94. The Kier molecular flexibility index (Phi) is 7.88. The van der Waals surface area contributed by atoms with Gasteiger partial charge in [-0.2, -0.15) is 4.31 Å². The third-order valence-corrected chi connectivity index (χ3v) is 8.76. The highest BCUT2D eigenvalue weighted by Gasteiger charge is 2.42. The molecule has 0 radical (unpaired) electrons. The first-order chi connectivity index (χ1) is 14.6. The number of unbranched alkanes of at least 4 members (excludes halogenated alkanes) is 1. The van der Waals surface area contributed by atoms with E-state index in [1.165, 1.54) is 0 Å². The fourth-order valence-electron chi connectivity index (χ4n) is 4.73. The van der Waals surface area contributed by atoms with E-state index in [1.54, 1.807) is 12.1 Å². The van der Waals surface area contributed by atoms with Crippen LogP contribution in [0.25, 0.3) is 0 Å². The highest BCUT2D eigenvalue weighted by molar-refractivity contribution is 7.89. The lowest BCUT2D eigenvalue weighted by Gasteiger charge is -2.41. The number of benzene rings is 1. The molecule has 0 saturated carbocycles. The molecule has 31 heavy (non-hydrogen) atoms. The Bertz CT molecular complexity index is 808. The molecule has 2 saturated heterocycles. The van der Waals surface area contributed by atoms with Crippen molar-refractivity contribution < 1.29 is 17.9 Å². The number of aryl methyl sites for hydroxylation is 1. The number of sulfonamides is 1. The summed E-state index contributed by atoms with van der Waals surface area (Å²) in [6, 6.07) is 7.44. The molecule has 1 aromatic rings. The van der Waals surface area contributed by atoms with E-state index in [4.69, 9.17) is 9.47 Å². The van der Waals surface area contributed by atoms with Gasteiger partial charge in [-0.1, -0.05) is 51.3 Å². The van der Waals surface area contributed by atoms with Crippen LogP contribution in [0, 0.1) is 12.3 Å². The maximum Gasteiger partial charge on any atom is 0.243 e. The van der Waals surface area contributed by atoms with Crippen molar-refractivity contribution in [2.75, 3.05) is 13.2 Å². The molecule has 0 bridgehead atoms. The second-order valence-electron chi connectivity index (χ2n) is 10.4. The van der Waals surface area contributed by atoms with Crippen LogP contribution in [0.15, 0.2) is 29.2 Å². The van der Waals surface area contributed by atoms with Gasteiger partial charge < -0.3 is 9.47 Å². The van der Waals surface area contributed by atoms with Crippen molar-refractivity contribution in [3.8, 4) is 0 Å². The molecule has 1 aromatic carbocycles. The molecular weight excluding hydrogens is 410 g/mol. The average Bonchev–Trinajstić information content (AvgIpc) is 3.13. The maximum absolute atomic E-state index is 13.6. The molecule has 6 heteroatoms. The van der Waals surface area contributed by atoms with Crippen LogP contribution in [-0.2, 0) is 19.5 Å². The van der Waals surface area contributed by atoms with Crippen LogP contribution in [-0.4, -0.2) is 43.8 Å². The largest absolute Gasteiger partial charge is 0.350 e. The summed E-state index contributed by atoms with van der Waals surface area (Å²) in [7, 11) is -3.50. The van der Waals surface area contributed by atoms with Crippen LogP contribution in [0.4, 0.5) is 0 Å². The summed E-state index contributed by atoms with van der Waals surface area (Å²) >= 11 is 0. The molecule has 0 unspecified atom stereocenters. The number of ether oxygens (including phenoxy) is 2. The summed E-state index contributed by atoms with van der Waals surface area (Å²) in [6.45, 7) is 11.8. The van der Waals surface area contributed by atoms with E-state index in [9.17, 15) is 8.42 Å². The fourth-order valence-corrected chi connectivity index (χ4v) is 6.66. The van der Waals surface area contributed by atoms with E-state index in [0.29, 0.717) is 18.1 Å². The topological polar surface area (TPSA) is 55.8 Å². The zero-order valence-corrected chi connectivity index (χ0v) is 20.8. The van der Waals surface area contributed by atoms with E-state index >= 15 is 0 Å². The molecule has 0 amide bonds. The zero-order valence-electron chi connectivity index (χ0n) is 20.0. The second kappa shape index (κ2) is 9.90. The van der Waals surface area contributed by atoms with Gasteiger partial charge in [-0.05, 0) is 58.1 Å². The third kappa shape index (κ3) is 6.10. The van der Waals surface area contributed by atoms with Crippen molar-refractivity contribution in [3.05, 3.63) is 29.8 Å². The molecule has 0 aromatic heterocycles. The SMILES string of the molecule is CCCC[C@@H]1CC[C@H](CCCC2(C)OCC(C)(C)CO2)N1S(=O)(=O)c1ccc(C)cc1. The van der Waals surface area contributed by atoms with E-state index < -0.39 is 15.8 Å². The van der Waals surface area contributed by atoms with Crippen molar-refractivity contribution >= 4 is 10.0 Å². The molecule has 2 atom stereocenters. The van der Waals surface area contributed by atoms with Gasteiger partial charge in [-0.25, -0.2) is 8.42 Å². The predicted octanol–water partition coefficient (Wildman–Crippen LogP) is 5.67. The Hall–Kier alpha value is -0.950. The fraction of sp³-hybridized carbons (Fsp3) is 0.760. The highest BCUT2D eigenvalue weighted by Crippen LogP contribution is 2.37. The van der Waals surface area contributed by atoms with Crippen LogP contribution in [0.5, 0.6) is 0 Å². The number of nitrogens with zero attached hydrogens (tertiary/aromatic N) is 1. The van der Waals surface area contributed by atoms with E-state index in [-0.39, 0.29) is 17.5 Å². The minimum absolute atomic E-state index is 0.0520. The molecule has 0 spiro atoms. The molecule has 2 aliphatic rings. The van der Waals surface area contributed by atoms with Crippen LogP contribution in [0.2, 0.25) is 0 Å². The standard InChI is InChI=1S/C25H41NO4S/c1-6-7-9-21-13-14-22(10-8-17-25(5)29-18-24(3,4)19-30-25)26(21)31(27,28)23-15-11-20(2)12-16-23/h11-12,15-16,21-22H,6-10,13-14,17-19H2,1-5H3/t21-,22+/m1/s1. The monoisotopic (exact) mass is 451 g/mol. The average molecular weight is 452 g/mol. The highest BCUT2D eigenvalue weighted by atomic mass is 32.2. The molecule has 3 rings (SSSR count). The summed E-state index contributed by atoms with van der Waals surface area (Å²) in [5, 5.41) is 0. The summed E-state index contributed by atoms with van der Waals surface area (Å²) in [5.41, 5.74) is 1.12. The van der Waals surface area contributed by atoms with Gasteiger partial charge in [0.05, 0.1) is 18.1 Å². The first-order valence-electron chi connectivity index (χ1n) is 11.9. The summed E-state index contributed by atoms with van der Waals surface area (Å²) < 4.78 is 41.1. The quantitative estimate of drug-likeness (QED) is 0.486. The van der Waals surface area contributed by atoms with E-state index in [2.05, 4.69) is 20.8 Å². The van der Waals surface area contributed by atoms with Gasteiger partial charge in [0.1, 0.15) is 0 Å². The number of hydrogen-bond acceptors (Lipinski definition) is 4. The smallest absolute Gasteiger partial charge is 0.243 e. The molecule has 2 fully saturated rings. The Morgan fingerprint density at radius 1 is 0.968 bits per heavy atom. The van der Waals surface area contributed by atoms with Crippen molar-refractivity contribution in [3.63, 3.8) is 0 Å². The molecule has 176 valence electrons. The van der Waals surface area contributed by atoms with Crippen molar-refractivity contribution in [1.82, 2.24) is 4.31 Å². The van der Waals surface area contributed by atoms with Gasteiger partial charge >= 0.3 is 0 Å². The van der Waals surface area contributed by atoms with Crippen LogP contribution < -0.4 is 0 Å². The molecule has 0 aliphatic carbocycles. The first-order valence-corrected chi connectivity index (χ1v) is 13.4. The van der Waals surface area contributed by atoms with E-state index in [1.807, 2.05) is 30.3 Å². The maximum atomic E-state index is 13.6. The van der Waals surface area contributed by atoms with Gasteiger partial charge in [0.25, 0.3) is 0 Å². The van der Waals surface area contributed by atoms with Crippen LogP contribution in [0.1, 0.15) is 84.6 Å². The van der Waals surface area contributed by atoms with Crippen LogP contribution >= 0.6 is 0 Å². The molecular formula is C25H41NO4S. The normalized spacial score (nSPS) is 26.2. The summed E-state index contributed by atoms with van der Waals surface area (Å²) in [6.07, 6.45) is 7.51. The zero-order chi connectivity index (χ0) is 22.7. The Morgan fingerprint density at radius 2 is 1.52 bits per heavy atom. The van der Waals surface area contributed by atoms with Gasteiger partial charge in [0.2, 0.25) is 10.0 Å². The Labute approximate surface area is 189 Å². The second-order valence-corrected chi connectivity index (χ2v) is 12.3. The molecule has 0 N–H and O–H groups in total. The number of rotatable bonds is 9. The molecule has 2 aliphatic heterocycles. The van der Waals surface area contributed by atoms with Crippen LogP contribution in [0.3, 0.4) is 0 Å². The van der Waals surface area contributed by atoms with Gasteiger partial charge in [0, 0.05) is 23.9 Å². The van der Waals surface area contributed by atoms with Gasteiger partial charge in [-0.3, -0.25) is 0 Å². The van der Waals surface area contributed by atoms with Crippen molar-refractivity contribution in [2.24, 2.45) is 5.41 Å². The van der Waals surface area contributed by atoms with E-state index in [0.717, 1.165) is 56.9 Å². The minimum Gasteiger partial charge on any atom is -0.350 e. The number of hydrogen-bond donors (Lipinski definition) is 0.